The minimum atomic E-state index is -0.573. The Balaban J connectivity index is 1.26. The van der Waals surface area contributed by atoms with Crippen LogP contribution in [0.4, 0.5) is 10.1 Å². The van der Waals surface area contributed by atoms with Gasteiger partial charge in [0.05, 0.1) is 15.6 Å². The van der Waals surface area contributed by atoms with Gasteiger partial charge in [-0.3, -0.25) is 19.6 Å². The predicted octanol–water partition coefficient (Wildman–Crippen LogP) is 6.15. The van der Waals surface area contributed by atoms with Crippen LogP contribution in [-0.4, -0.2) is 64.6 Å². The summed E-state index contributed by atoms with van der Waals surface area (Å²) in [5.74, 6) is -0.218. The van der Waals surface area contributed by atoms with Crippen molar-refractivity contribution in [1.29, 1.82) is 0 Å². The molecule has 0 aliphatic carbocycles. The Kier molecular flexibility index (Phi) is 7.25. The van der Waals surface area contributed by atoms with Crippen LogP contribution < -0.4 is 20.4 Å². The fraction of sp³-hybridized carbons (Fsp3) is 0.314. The van der Waals surface area contributed by atoms with Crippen LogP contribution in [0.25, 0.3) is 27.4 Å². The fourth-order valence-corrected chi connectivity index (χ4v) is 8.09. The lowest BCUT2D eigenvalue weighted by molar-refractivity contribution is 0.0949. The molecule has 0 bridgehead atoms. The Morgan fingerprint density at radius 3 is 2.80 bits per heavy atom. The number of halogens is 2. The van der Waals surface area contributed by atoms with Gasteiger partial charge >= 0.3 is 0 Å². The largest absolute Gasteiger partial charge is 0.451 e. The van der Waals surface area contributed by atoms with Gasteiger partial charge in [0, 0.05) is 56.4 Å². The molecule has 2 saturated heterocycles. The van der Waals surface area contributed by atoms with Gasteiger partial charge in [-0.05, 0) is 78.1 Å². The number of aromatic nitrogens is 3. The third kappa shape index (κ3) is 4.75. The molecule has 9 nitrogen and oxygen atoms in total. The summed E-state index contributed by atoms with van der Waals surface area (Å²) in [6.07, 6.45) is 10.4. The van der Waals surface area contributed by atoms with Gasteiger partial charge in [-0.1, -0.05) is 24.3 Å². The normalized spacial score (nSPS) is 19.1. The highest BCUT2D eigenvalue weighted by atomic mass is 79.9. The third-order valence-corrected chi connectivity index (χ3v) is 10.5. The molecule has 0 spiro atoms. The Bertz CT molecular complexity index is 2090. The molecule has 3 aliphatic rings. The first-order valence-corrected chi connectivity index (χ1v) is 16.5. The van der Waals surface area contributed by atoms with Crippen LogP contribution in [0.2, 0.25) is 0 Å². The zero-order valence-corrected chi connectivity index (χ0v) is 26.9. The van der Waals surface area contributed by atoms with Crippen molar-refractivity contribution in [2.75, 3.05) is 38.1 Å². The molecule has 5 aromatic rings. The maximum absolute atomic E-state index is 16.3. The van der Waals surface area contributed by atoms with E-state index in [1.165, 1.54) is 6.07 Å². The number of nitrogens with one attached hydrogen (secondary N) is 1. The molecule has 2 unspecified atom stereocenters. The zero-order chi connectivity index (χ0) is 31.5. The maximum Gasteiger partial charge on any atom is 0.256 e. The average molecular weight is 684 g/mol. The minimum absolute atomic E-state index is 0.0397. The number of hydrogen-bond acceptors (Lipinski definition) is 7. The summed E-state index contributed by atoms with van der Waals surface area (Å²) in [6, 6.07) is 11.5. The number of nitrogens with zero attached hydrogens (tertiary/aromatic N) is 5. The molecule has 0 radical (unpaired) electrons. The number of amides is 1. The Hall–Kier alpha value is -4.35. The molecule has 1 amide bonds. The van der Waals surface area contributed by atoms with Crippen molar-refractivity contribution in [3.05, 3.63) is 93.0 Å². The van der Waals surface area contributed by atoms with Gasteiger partial charge in [0.15, 0.2) is 17.3 Å². The number of ether oxygens (including phenoxy) is 1. The van der Waals surface area contributed by atoms with Gasteiger partial charge in [0.2, 0.25) is 5.43 Å². The van der Waals surface area contributed by atoms with E-state index in [0.29, 0.717) is 48.3 Å². The van der Waals surface area contributed by atoms with E-state index < -0.39 is 17.2 Å². The van der Waals surface area contributed by atoms with Crippen LogP contribution in [-0.2, 0) is 0 Å². The van der Waals surface area contributed by atoms with Gasteiger partial charge in [-0.15, -0.1) is 0 Å². The lowest BCUT2D eigenvalue weighted by Gasteiger charge is -2.30. The molecule has 5 heterocycles. The van der Waals surface area contributed by atoms with Crippen molar-refractivity contribution in [2.24, 2.45) is 0 Å². The molecule has 2 aromatic heterocycles. The van der Waals surface area contributed by atoms with Crippen molar-refractivity contribution in [3.8, 4) is 17.2 Å². The summed E-state index contributed by atoms with van der Waals surface area (Å²) >= 11 is 3.80. The number of carbonyl (C=O) groups is 1. The molecule has 2 fully saturated rings. The van der Waals surface area contributed by atoms with Crippen molar-refractivity contribution in [1.82, 2.24) is 24.8 Å². The Labute approximate surface area is 273 Å². The highest BCUT2D eigenvalue weighted by Crippen LogP contribution is 2.51. The van der Waals surface area contributed by atoms with Crippen molar-refractivity contribution >= 4 is 49.2 Å². The van der Waals surface area contributed by atoms with E-state index in [4.69, 9.17) is 4.74 Å². The van der Waals surface area contributed by atoms with Crippen LogP contribution in [0.3, 0.4) is 0 Å². The molecule has 234 valence electrons. The number of anilines is 1. The molecule has 3 aliphatic heterocycles. The van der Waals surface area contributed by atoms with Gasteiger partial charge in [-0.2, -0.15) is 0 Å². The van der Waals surface area contributed by atoms with Crippen molar-refractivity contribution < 1.29 is 13.9 Å². The summed E-state index contributed by atoms with van der Waals surface area (Å²) in [5, 5.41) is 4.93. The number of rotatable bonds is 6. The molecule has 11 heteroatoms. The van der Waals surface area contributed by atoms with E-state index >= 15 is 4.39 Å². The number of likely N-dealkylation sites (tertiary alicyclic amines) is 1. The van der Waals surface area contributed by atoms with E-state index in [1.807, 2.05) is 39.8 Å². The Morgan fingerprint density at radius 1 is 1.13 bits per heavy atom. The first-order valence-electron chi connectivity index (χ1n) is 15.7. The van der Waals surface area contributed by atoms with E-state index in [1.54, 1.807) is 24.8 Å². The second-order valence-electron chi connectivity index (χ2n) is 12.4. The predicted molar refractivity (Wildman–Crippen MR) is 179 cm³/mol. The molecule has 3 aromatic carbocycles. The highest BCUT2D eigenvalue weighted by Gasteiger charge is 2.35. The first-order chi connectivity index (χ1) is 22.4. The van der Waals surface area contributed by atoms with E-state index in [-0.39, 0.29) is 22.6 Å². The number of fused-ring (bicyclic) bond motifs is 3. The summed E-state index contributed by atoms with van der Waals surface area (Å²) < 4.78 is 25.5. The van der Waals surface area contributed by atoms with Gasteiger partial charge in [-0.25, -0.2) is 4.39 Å². The van der Waals surface area contributed by atoms with Crippen molar-refractivity contribution in [3.63, 3.8) is 0 Å². The lowest BCUT2D eigenvalue weighted by atomic mass is 10.0. The monoisotopic (exact) mass is 682 g/mol. The number of carbonyl (C=O) groups excluding carboxylic acids is 1. The average Bonchev–Trinajstić information content (AvgIpc) is 3.72. The maximum atomic E-state index is 16.3. The zero-order valence-electron chi connectivity index (χ0n) is 25.3. The van der Waals surface area contributed by atoms with Gasteiger partial charge in [0.1, 0.15) is 22.5 Å². The van der Waals surface area contributed by atoms with E-state index in [0.717, 1.165) is 53.2 Å². The number of benzene rings is 3. The van der Waals surface area contributed by atoms with Crippen LogP contribution in [0, 0.1) is 5.82 Å². The highest BCUT2D eigenvalue weighted by molar-refractivity contribution is 9.10. The second-order valence-corrected chi connectivity index (χ2v) is 13.2. The summed E-state index contributed by atoms with van der Waals surface area (Å²) in [6.45, 7) is 2.59. The molecule has 1 N–H and O–H groups in total. The quantitative estimate of drug-likeness (QED) is 0.225. The van der Waals surface area contributed by atoms with Crippen LogP contribution in [0.15, 0.2) is 70.5 Å². The summed E-state index contributed by atoms with van der Waals surface area (Å²) in [4.78, 5) is 40.5. The Morgan fingerprint density at radius 2 is 2.00 bits per heavy atom. The lowest BCUT2D eigenvalue weighted by Crippen LogP contribution is -2.34. The third-order valence-electron chi connectivity index (χ3n) is 9.73. The number of pyridine rings is 1. The molecule has 8 rings (SSSR count). The van der Waals surface area contributed by atoms with Gasteiger partial charge < -0.3 is 24.4 Å². The molecular formula is C35H32BrFN6O3. The van der Waals surface area contributed by atoms with E-state index in [9.17, 15) is 9.59 Å². The topological polar surface area (TPSA) is 92.6 Å². The molecule has 46 heavy (non-hydrogen) atoms. The molecular weight excluding hydrogens is 651 g/mol. The standard InChI is InChI=1S/C35H32BrFN6O3/c1-41-13-4-6-22(41)8-10-40-35(45)25-19-43-30-24(33(25)44)16-26(37)31(42-14-9-21(18-42)27-17-38-11-12-39-27)34(30)46-28-15-20-5-2-3-7-23(20)29(36)32(28)43/h2-3,5,7,11-12,15-17,19,21-22H,4,6,8-10,13-14,18H2,1H3,(H,40,45). The first kappa shape index (κ1) is 29.1. The number of hydrogen-bond donors (Lipinski definition) is 1. The van der Waals surface area contributed by atoms with Crippen LogP contribution in [0.1, 0.15) is 47.7 Å². The fourth-order valence-electron chi connectivity index (χ4n) is 7.34. The van der Waals surface area contributed by atoms with Crippen molar-refractivity contribution in [2.45, 2.75) is 37.6 Å². The smallest absolute Gasteiger partial charge is 0.256 e. The summed E-state index contributed by atoms with van der Waals surface area (Å²) in [5.41, 5.74) is 1.65. The van der Waals surface area contributed by atoms with Crippen LogP contribution in [0.5, 0.6) is 11.5 Å². The molecule has 2 atom stereocenters. The summed E-state index contributed by atoms with van der Waals surface area (Å²) in [7, 11) is 2.10. The van der Waals surface area contributed by atoms with E-state index in [2.05, 4.69) is 43.2 Å². The molecule has 0 saturated carbocycles. The SMILES string of the molecule is CN1CCCC1CCNC(=O)c1cn2c3c(c(N4CCC(c5cnccn5)C4)c(F)cc3c1=O)Oc1cc3ccccc3c(Br)c1-2. The van der Waals surface area contributed by atoms with Gasteiger partial charge in [0.25, 0.3) is 5.91 Å². The minimum Gasteiger partial charge on any atom is -0.451 e. The van der Waals surface area contributed by atoms with Crippen LogP contribution >= 0.6 is 15.9 Å². The second kappa shape index (κ2) is 11.5.